The molecule has 2 aromatic rings. The minimum absolute atomic E-state index is 0.154. The number of likely N-dealkylation sites (tertiary alicyclic amines) is 1. The minimum Gasteiger partial charge on any atom is -0.441 e. The van der Waals surface area contributed by atoms with Gasteiger partial charge in [-0.25, -0.2) is 4.98 Å². The first-order chi connectivity index (χ1) is 11.2. The number of amides is 1. The number of oxazole rings is 1. The van der Waals surface area contributed by atoms with E-state index in [1.54, 1.807) is 6.20 Å². The van der Waals surface area contributed by atoms with Gasteiger partial charge in [0.2, 0.25) is 5.91 Å². The van der Waals surface area contributed by atoms with E-state index in [0.29, 0.717) is 37.0 Å². The van der Waals surface area contributed by atoms with Gasteiger partial charge in [0.15, 0.2) is 11.7 Å². The van der Waals surface area contributed by atoms with Crippen LogP contribution in [0.3, 0.4) is 0 Å². The van der Waals surface area contributed by atoms with E-state index in [9.17, 15) is 4.79 Å². The molecule has 1 aliphatic heterocycles. The number of aromatic nitrogens is 1. The fourth-order valence-electron chi connectivity index (χ4n) is 2.83. The summed E-state index contributed by atoms with van der Waals surface area (Å²) in [6.45, 7) is 2.25. The van der Waals surface area contributed by atoms with Gasteiger partial charge in [-0.05, 0) is 24.9 Å². The smallest absolute Gasteiger partial charge is 0.223 e. The van der Waals surface area contributed by atoms with E-state index < -0.39 is 0 Å². The zero-order chi connectivity index (χ0) is 16.2. The number of hydrogen-bond donors (Lipinski definition) is 1. The zero-order valence-electron chi connectivity index (χ0n) is 12.9. The highest BCUT2D eigenvalue weighted by atomic mass is 79.9. The van der Waals surface area contributed by atoms with Crippen molar-refractivity contribution in [2.45, 2.75) is 19.3 Å². The van der Waals surface area contributed by atoms with Crippen LogP contribution in [0, 0.1) is 5.92 Å². The lowest BCUT2D eigenvalue weighted by atomic mass is 10.1. The largest absolute Gasteiger partial charge is 0.441 e. The number of hydrogen-bond acceptors (Lipinski definition) is 4. The SMILES string of the molecule is NCC1CCN(C(=O)CCc2ncc(-c3ccccc3Br)o2)C1. The molecule has 2 heterocycles. The third kappa shape index (κ3) is 3.82. The maximum atomic E-state index is 12.2. The Kier molecular flexibility index (Phi) is 5.13. The lowest BCUT2D eigenvalue weighted by Gasteiger charge is -2.15. The normalized spacial score (nSPS) is 17.7. The van der Waals surface area contributed by atoms with Gasteiger partial charge in [-0.3, -0.25) is 4.79 Å². The zero-order valence-corrected chi connectivity index (χ0v) is 14.5. The van der Waals surface area contributed by atoms with Gasteiger partial charge in [-0.15, -0.1) is 0 Å². The second-order valence-corrected chi connectivity index (χ2v) is 6.68. The summed E-state index contributed by atoms with van der Waals surface area (Å²) in [4.78, 5) is 18.4. The Balaban J connectivity index is 1.58. The summed E-state index contributed by atoms with van der Waals surface area (Å²) in [6.07, 6.45) is 3.66. The third-order valence-electron chi connectivity index (χ3n) is 4.22. The van der Waals surface area contributed by atoms with Crippen LogP contribution in [-0.4, -0.2) is 35.4 Å². The van der Waals surface area contributed by atoms with Crippen LogP contribution in [-0.2, 0) is 11.2 Å². The molecule has 0 bridgehead atoms. The molecule has 1 aromatic carbocycles. The van der Waals surface area contributed by atoms with Gasteiger partial charge in [0.25, 0.3) is 0 Å². The summed E-state index contributed by atoms with van der Waals surface area (Å²) >= 11 is 3.50. The Morgan fingerprint density at radius 3 is 3.00 bits per heavy atom. The molecule has 2 N–H and O–H groups in total. The first-order valence-electron chi connectivity index (χ1n) is 7.85. The fraction of sp³-hybridized carbons (Fsp3) is 0.412. The number of benzene rings is 1. The van der Waals surface area contributed by atoms with Crippen molar-refractivity contribution >= 4 is 21.8 Å². The maximum Gasteiger partial charge on any atom is 0.223 e. The van der Waals surface area contributed by atoms with Crippen LogP contribution < -0.4 is 5.73 Å². The first kappa shape index (κ1) is 16.2. The molecule has 0 radical (unpaired) electrons. The molecule has 23 heavy (non-hydrogen) atoms. The van der Waals surface area contributed by atoms with Crippen molar-refractivity contribution in [3.05, 3.63) is 40.8 Å². The van der Waals surface area contributed by atoms with E-state index in [-0.39, 0.29) is 5.91 Å². The van der Waals surface area contributed by atoms with Crippen molar-refractivity contribution < 1.29 is 9.21 Å². The summed E-state index contributed by atoms with van der Waals surface area (Å²) in [5.74, 6) is 1.91. The Morgan fingerprint density at radius 2 is 2.26 bits per heavy atom. The van der Waals surface area contributed by atoms with Crippen LogP contribution in [0.1, 0.15) is 18.7 Å². The number of carbonyl (C=O) groups is 1. The monoisotopic (exact) mass is 377 g/mol. The second-order valence-electron chi connectivity index (χ2n) is 5.83. The molecule has 1 fully saturated rings. The van der Waals surface area contributed by atoms with Crippen LogP contribution in [0.4, 0.5) is 0 Å². The van der Waals surface area contributed by atoms with E-state index in [1.807, 2.05) is 29.2 Å². The van der Waals surface area contributed by atoms with Gasteiger partial charge in [0, 0.05) is 36.0 Å². The fourth-order valence-corrected chi connectivity index (χ4v) is 3.32. The Morgan fingerprint density at radius 1 is 1.43 bits per heavy atom. The average Bonchev–Trinajstić information content (AvgIpc) is 3.22. The highest BCUT2D eigenvalue weighted by Crippen LogP contribution is 2.28. The van der Waals surface area contributed by atoms with Crippen molar-refractivity contribution in [3.8, 4) is 11.3 Å². The number of nitrogens with two attached hydrogens (primary N) is 1. The number of rotatable bonds is 5. The predicted molar refractivity (Wildman–Crippen MR) is 91.7 cm³/mol. The molecule has 1 saturated heterocycles. The Bertz CT molecular complexity index is 686. The van der Waals surface area contributed by atoms with Gasteiger partial charge in [0.05, 0.1) is 6.20 Å². The van der Waals surface area contributed by atoms with Gasteiger partial charge < -0.3 is 15.1 Å². The Labute approximate surface area is 144 Å². The molecule has 1 atom stereocenters. The summed E-state index contributed by atoms with van der Waals surface area (Å²) in [5.41, 5.74) is 6.63. The molecule has 0 saturated carbocycles. The molecule has 122 valence electrons. The van der Waals surface area contributed by atoms with Gasteiger partial charge in [-0.1, -0.05) is 34.1 Å². The topological polar surface area (TPSA) is 72.4 Å². The van der Waals surface area contributed by atoms with E-state index in [1.165, 1.54) is 0 Å². The summed E-state index contributed by atoms with van der Waals surface area (Å²) in [5, 5.41) is 0. The number of carbonyl (C=O) groups excluding carboxylic acids is 1. The van der Waals surface area contributed by atoms with Crippen LogP contribution in [0.5, 0.6) is 0 Å². The van der Waals surface area contributed by atoms with Crippen LogP contribution in [0.2, 0.25) is 0 Å². The average molecular weight is 378 g/mol. The van der Waals surface area contributed by atoms with Crippen molar-refractivity contribution in [1.82, 2.24) is 9.88 Å². The van der Waals surface area contributed by atoms with Crippen molar-refractivity contribution in [3.63, 3.8) is 0 Å². The molecule has 5 nitrogen and oxygen atoms in total. The lowest BCUT2D eigenvalue weighted by Crippen LogP contribution is -2.30. The first-order valence-corrected chi connectivity index (χ1v) is 8.64. The van der Waals surface area contributed by atoms with E-state index in [2.05, 4.69) is 20.9 Å². The molecule has 1 amide bonds. The van der Waals surface area contributed by atoms with Gasteiger partial charge in [0.1, 0.15) is 0 Å². The lowest BCUT2D eigenvalue weighted by molar-refractivity contribution is -0.130. The van der Waals surface area contributed by atoms with E-state index in [0.717, 1.165) is 29.5 Å². The molecule has 1 unspecified atom stereocenters. The van der Waals surface area contributed by atoms with E-state index >= 15 is 0 Å². The van der Waals surface area contributed by atoms with Gasteiger partial charge >= 0.3 is 0 Å². The summed E-state index contributed by atoms with van der Waals surface area (Å²) in [6, 6.07) is 7.83. The maximum absolute atomic E-state index is 12.2. The Hall–Kier alpha value is -1.66. The van der Waals surface area contributed by atoms with Crippen molar-refractivity contribution in [2.75, 3.05) is 19.6 Å². The van der Waals surface area contributed by atoms with Gasteiger partial charge in [-0.2, -0.15) is 0 Å². The molecule has 3 rings (SSSR count). The molecule has 0 aliphatic carbocycles. The number of aryl methyl sites for hydroxylation is 1. The highest BCUT2D eigenvalue weighted by Gasteiger charge is 2.25. The molecule has 1 aliphatic rings. The molecule has 0 spiro atoms. The predicted octanol–water partition coefficient (Wildman–Crippen LogP) is 2.84. The number of nitrogens with zero attached hydrogens (tertiary/aromatic N) is 2. The van der Waals surface area contributed by atoms with E-state index in [4.69, 9.17) is 10.2 Å². The van der Waals surface area contributed by atoms with Crippen molar-refractivity contribution in [1.29, 1.82) is 0 Å². The summed E-state index contributed by atoms with van der Waals surface area (Å²) < 4.78 is 6.74. The number of halogens is 1. The highest BCUT2D eigenvalue weighted by molar-refractivity contribution is 9.10. The third-order valence-corrected chi connectivity index (χ3v) is 4.91. The standard InChI is InChI=1S/C17H20BrN3O2/c18-14-4-2-1-3-13(14)15-10-20-16(23-15)5-6-17(22)21-8-7-12(9-19)11-21/h1-4,10,12H,5-9,11,19H2. The van der Waals surface area contributed by atoms with Crippen LogP contribution in [0.25, 0.3) is 11.3 Å². The molecule has 1 aromatic heterocycles. The second kappa shape index (κ2) is 7.27. The van der Waals surface area contributed by atoms with Crippen LogP contribution >= 0.6 is 15.9 Å². The summed E-state index contributed by atoms with van der Waals surface area (Å²) in [7, 11) is 0. The van der Waals surface area contributed by atoms with Crippen molar-refractivity contribution in [2.24, 2.45) is 11.7 Å². The molecule has 6 heteroatoms. The molecular formula is C17H20BrN3O2. The molecular weight excluding hydrogens is 358 g/mol. The van der Waals surface area contributed by atoms with Crippen LogP contribution in [0.15, 0.2) is 39.4 Å². The minimum atomic E-state index is 0.154. The quantitative estimate of drug-likeness (QED) is 0.869.